The van der Waals surface area contributed by atoms with Crippen LogP contribution in [0.15, 0.2) is 42.5 Å². The third kappa shape index (κ3) is 3.50. The fraction of sp³-hybridized carbons (Fsp3) is 0.565. The second-order valence-corrected chi connectivity index (χ2v) is 13.6. The number of hydrogen-bond donors (Lipinski definition) is 2. The van der Waals surface area contributed by atoms with Crippen LogP contribution in [0.5, 0.6) is 5.75 Å². The van der Waals surface area contributed by atoms with Crippen molar-refractivity contribution in [2.24, 2.45) is 17.8 Å². The van der Waals surface area contributed by atoms with Crippen molar-refractivity contribution < 1.29 is 4.74 Å². The molecular formula is C23H35N3OSi. The molecule has 4 unspecified atom stereocenters. The van der Waals surface area contributed by atoms with Crippen LogP contribution >= 0.6 is 0 Å². The number of methoxy groups -OCH3 is 1. The highest BCUT2D eigenvalue weighted by Gasteiger charge is 2.52. The van der Waals surface area contributed by atoms with Gasteiger partial charge in [-0.1, -0.05) is 56.8 Å². The highest BCUT2D eigenvalue weighted by atomic mass is 28.3. The van der Waals surface area contributed by atoms with Gasteiger partial charge in [0.15, 0.2) is 0 Å². The van der Waals surface area contributed by atoms with E-state index in [2.05, 4.69) is 77.7 Å². The summed E-state index contributed by atoms with van der Waals surface area (Å²) >= 11 is 0. The molecule has 0 bridgehead atoms. The van der Waals surface area contributed by atoms with E-state index in [-0.39, 0.29) is 0 Å². The number of fused-ring (bicyclic) bond motifs is 1. The van der Waals surface area contributed by atoms with E-state index in [9.17, 15) is 0 Å². The molecule has 1 aromatic carbocycles. The number of benzene rings is 1. The maximum Gasteiger partial charge on any atom is 0.129 e. The van der Waals surface area contributed by atoms with Crippen LogP contribution in [0, 0.1) is 17.8 Å². The number of rotatable bonds is 5. The molecule has 1 aromatic rings. The van der Waals surface area contributed by atoms with Crippen LogP contribution in [-0.4, -0.2) is 39.9 Å². The third-order valence-corrected chi connectivity index (χ3v) is 11.8. The van der Waals surface area contributed by atoms with E-state index in [1.54, 1.807) is 7.11 Å². The lowest BCUT2D eigenvalue weighted by Gasteiger charge is -2.47. The molecule has 4 nitrogen and oxygen atoms in total. The van der Waals surface area contributed by atoms with Crippen molar-refractivity contribution >= 4 is 13.8 Å². The van der Waals surface area contributed by atoms with Crippen LogP contribution in [0.25, 0.3) is 5.57 Å². The van der Waals surface area contributed by atoms with Gasteiger partial charge in [-0.2, -0.15) is 0 Å². The second-order valence-electron chi connectivity index (χ2n) is 9.04. The highest BCUT2D eigenvalue weighted by molar-refractivity contribution is 6.76. The Labute approximate surface area is 171 Å². The maximum absolute atomic E-state index is 5.36. The maximum atomic E-state index is 5.36. The molecule has 1 saturated heterocycles. The Morgan fingerprint density at radius 2 is 1.86 bits per heavy atom. The van der Waals surface area contributed by atoms with Gasteiger partial charge in [-0.25, -0.2) is 0 Å². The van der Waals surface area contributed by atoms with Gasteiger partial charge in [0.25, 0.3) is 0 Å². The summed E-state index contributed by atoms with van der Waals surface area (Å²) < 4.78 is 8.09. The molecular weight excluding hydrogens is 362 g/mol. The van der Waals surface area contributed by atoms with Crippen molar-refractivity contribution in [1.82, 2.24) is 15.2 Å². The van der Waals surface area contributed by atoms with Gasteiger partial charge in [-0.3, -0.25) is 15.2 Å². The van der Waals surface area contributed by atoms with Gasteiger partial charge in [0.05, 0.1) is 7.11 Å². The summed E-state index contributed by atoms with van der Waals surface area (Å²) in [5, 5.41) is 7.05. The number of hydrogen-bond acceptors (Lipinski definition) is 4. The van der Waals surface area contributed by atoms with E-state index >= 15 is 0 Å². The van der Waals surface area contributed by atoms with Gasteiger partial charge in [0.2, 0.25) is 0 Å². The molecule has 152 valence electrons. The van der Waals surface area contributed by atoms with Crippen molar-refractivity contribution in [3.8, 4) is 5.75 Å². The first kappa shape index (κ1) is 19.9. The van der Waals surface area contributed by atoms with Gasteiger partial charge in [0.1, 0.15) is 14.0 Å². The van der Waals surface area contributed by atoms with E-state index in [1.807, 2.05) is 0 Å². The molecule has 2 fully saturated rings. The molecule has 28 heavy (non-hydrogen) atoms. The first-order valence-electron chi connectivity index (χ1n) is 10.8. The molecule has 5 heteroatoms. The quantitative estimate of drug-likeness (QED) is 0.728. The predicted molar refractivity (Wildman–Crippen MR) is 119 cm³/mol. The predicted octanol–water partition coefficient (Wildman–Crippen LogP) is 4.25. The van der Waals surface area contributed by atoms with E-state index in [1.165, 1.54) is 24.0 Å². The molecule has 3 aliphatic rings. The van der Waals surface area contributed by atoms with Crippen molar-refractivity contribution in [3.05, 3.63) is 48.1 Å². The largest absolute Gasteiger partial charge is 0.497 e. The van der Waals surface area contributed by atoms with Crippen molar-refractivity contribution in [1.29, 1.82) is 0 Å². The monoisotopic (exact) mass is 397 g/mol. The number of nitrogens with one attached hydrogen (secondary N) is 2. The summed E-state index contributed by atoms with van der Waals surface area (Å²) in [7, 11) is 0.137. The summed E-state index contributed by atoms with van der Waals surface area (Å²) in [5.74, 6) is 3.05. The molecule has 0 aromatic heterocycles. The summed E-state index contributed by atoms with van der Waals surface area (Å²) in [6.45, 7) is 10.6. The average molecular weight is 398 g/mol. The summed E-state index contributed by atoms with van der Waals surface area (Å²) in [6.07, 6.45) is 9.81. The minimum Gasteiger partial charge on any atom is -0.497 e. The molecule has 2 aliphatic carbocycles. The summed E-state index contributed by atoms with van der Waals surface area (Å²) in [4.78, 5) is 0. The Balaban J connectivity index is 1.63. The first-order valence-corrected chi connectivity index (χ1v) is 13.8. The minimum atomic E-state index is -1.60. The van der Waals surface area contributed by atoms with E-state index in [4.69, 9.17) is 4.74 Å². The highest BCUT2D eigenvalue weighted by Crippen LogP contribution is 2.58. The molecule has 0 spiro atoms. The molecule has 0 radical (unpaired) electrons. The standard InChI is InChI=1S/C23H35N3OSi/c1-5-17-13-22-20(18-9-11-19(27-2)12-10-18)7-6-8-21(22)23(17)28(3,4)26-15-24-14-25-16-26/h6-12,17,21-25H,5,13-16H2,1-4H3. The van der Waals surface area contributed by atoms with Gasteiger partial charge in [-0.05, 0) is 53.0 Å². The molecule has 4 rings (SSSR count). The Morgan fingerprint density at radius 3 is 2.50 bits per heavy atom. The Hall–Kier alpha value is -1.40. The topological polar surface area (TPSA) is 36.5 Å². The third-order valence-electron chi connectivity index (χ3n) is 7.39. The second kappa shape index (κ2) is 8.15. The lowest BCUT2D eigenvalue weighted by atomic mass is 9.81. The average Bonchev–Trinajstić information content (AvgIpc) is 3.14. The van der Waals surface area contributed by atoms with Crippen molar-refractivity contribution in [2.75, 3.05) is 27.1 Å². The zero-order valence-corrected chi connectivity index (χ0v) is 18.7. The van der Waals surface area contributed by atoms with E-state index in [0.717, 1.165) is 37.2 Å². The molecule has 1 heterocycles. The normalized spacial score (nSPS) is 30.8. The Bertz CT molecular complexity index is 737. The molecule has 1 saturated carbocycles. The number of ether oxygens (including phenoxy) is 1. The van der Waals surface area contributed by atoms with Crippen molar-refractivity contribution in [2.45, 2.75) is 38.4 Å². The van der Waals surface area contributed by atoms with Crippen LogP contribution < -0.4 is 15.4 Å². The van der Waals surface area contributed by atoms with Crippen molar-refractivity contribution in [3.63, 3.8) is 0 Å². The smallest absolute Gasteiger partial charge is 0.129 e. The first-order chi connectivity index (χ1) is 13.6. The summed E-state index contributed by atoms with van der Waals surface area (Å²) in [6, 6.07) is 8.65. The number of allylic oxidation sites excluding steroid dienone is 4. The van der Waals surface area contributed by atoms with Crippen LogP contribution in [0.1, 0.15) is 25.3 Å². The van der Waals surface area contributed by atoms with Gasteiger partial charge in [0, 0.05) is 20.0 Å². The molecule has 0 amide bonds. The minimum absolute atomic E-state index is 0.644. The Kier molecular flexibility index (Phi) is 5.79. The number of nitrogens with zero attached hydrogens (tertiary/aromatic N) is 1. The summed E-state index contributed by atoms with van der Waals surface area (Å²) in [5.41, 5.74) is 3.68. The molecule has 1 aliphatic heterocycles. The van der Waals surface area contributed by atoms with Crippen LogP contribution in [0.3, 0.4) is 0 Å². The molecule has 2 N–H and O–H groups in total. The van der Waals surface area contributed by atoms with E-state index in [0.29, 0.717) is 11.8 Å². The zero-order chi connectivity index (χ0) is 19.7. The van der Waals surface area contributed by atoms with E-state index < -0.39 is 8.24 Å². The fourth-order valence-electron chi connectivity index (χ4n) is 5.90. The SMILES string of the molecule is CCC1CC2C(c3ccc(OC)cc3)=CC=CC2C1[Si](C)(C)N1CNCNC1. The van der Waals surface area contributed by atoms with Gasteiger partial charge < -0.3 is 4.74 Å². The van der Waals surface area contributed by atoms with Gasteiger partial charge >= 0.3 is 0 Å². The van der Waals surface area contributed by atoms with Crippen LogP contribution in [-0.2, 0) is 0 Å². The Morgan fingerprint density at radius 1 is 1.14 bits per heavy atom. The zero-order valence-electron chi connectivity index (χ0n) is 17.7. The van der Waals surface area contributed by atoms with Crippen LogP contribution in [0.4, 0.5) is 0 Å². The molecule has 4 atom stereocenters. The fourth-order valence-corrected chi connectivity index (χ4v) is 10.2. The lowest BCUT2D eigenvalue weighted by Crippen LogP contribution is -2.63. The van der Waals surface area contributed by atoms with Crippen LogP contribution in [0.2, 0.25) is 18.6 Å². The lowest BCUT2D eigenvalue weighted by molar-refractivity contribution is 0.278. The van der Waals surface area contributed by atoms with Gasteiger partial charge in [-0.15, -0.1) is 0 Å².